The molecule has 1 N–H and O–H groups in total. The van der Waals surface area contributed by atoms with Gasteiger partial charge in [-0.05, 0) is 49.6 Å². The summed E-state index contributed by atoms with van der Waals surface area (Å²) in [6.07, 6.45) is 2.03. The Balaban J connectivity index is 1.85. The first-order valence-corrected chi connectivity index (χ1v) is 7.75. The Kier molecular flexibility index (Phi) is 6.04. The van der Waals surface area contributed by atoms with E-state index in [2.05, 4.69) is 17.4 Å². The summed E-state index contributed by atoms with van der Waals surface area (Å²) in [4.78, 5) is 0. The van der Waals surface area contributed by atoms with E-state index in [9.17, 15) is 4.39 Å². The molecule has 0 aliphatic rings. The number of hydrogen-bond donors (Lipinski definition) is 1. The largest absolute Gasteiger partial charge is 0.310 e. The summed E-state index contributed by atoms with van der Waals surface area (Å²) in [6.45, 7) is 2.81. The van der Waals surface area contributed by atoms with Crippen molar-refractivity contribution in [3.05, 3.63) is 69.5 Å². The second-order valence-corrected chi connectivity index (χ2v) is 5.87. The molecule has 0 aromatic heterocycles. The Bertz CT molecular complexity index is 587. The van der Waals surface area contributed by atoms with Gasteiger partial charge in [-0.3, -0.25) is 0 Å². The van der Waals surface area contributed by atoms with Crippen molar-refractivity contribution in [2.45, 2.75) is 25.8 Å². The van der Waals surface area contributed by atoms with Gasteiger partial charge < -0.3 is 5.32 Å². The summed E-state index contributed by atoms with van der Waals surface area (Å²) < 4.78 is 13.5. The number of halogens is 3. The van der Waals surface area contributed by atoms with Gasteiger partial charge in [-0.25, -0.2) is 4.39 Å². The van der Waals surface area contributed by atoms with Gasteiger partial charge in [-0.1, -0.05) is 53.5 Å². The molecule has 0 bridgehead atoms. The number of nitrogens with one attached hydrogen (secondary N) is 1. The van der Waals surface area contributed by atoms with Crippen molar-refractivity contribution in [2.24, 2.45) is 0 Å². The maximum Gasteiger partial charge on any atom is 0.142 e. The molecule has 112 valence electrons. The zero-order valence-corrected chi connectivity index (χ0v) is 13.4. The van der Waals surface area contributed by atoms with Gasteiger partial charge in [0.1, 0.15) is 5.82 Å². The van der Waals surface area contributed by atoms with Crippen LogP contribution in [0.15, 0.2) is 42.5 Å². The topological polar surface area (TPSA) is 12.0 Å². The Hall–Kier alpha value is -1.09. The third-order valence-corrected chi connectivity index (χ3v) is 4.06. The van der Waals surface area contributed by atoms with Gasteiger partial charge in [0, 0.05) is 11.1 Å². The Morgan fingerprint density at radius 1 is 1.10 bits per heavy atom. The first kappa shape index (κ1) is 16.3. The molecule has 2 aromatic carbocycles. The molecule has 1 atom stereocenters. The molecule has 0 amide bonds. The lowest BCUT2D eigenvalue weighted by Gasteiger charge is -2.16. The highest BCUT2D eigenvalue weighted by atomic mass is 35.5. The molecule has 1 nitrogen and oxygen atoms in total. The van der Waals surface area contributed by atoms with Crippen LogP contribution in [0.3, 0.4) is 0 Å². The van der Waals surface area contributed by atoms with Gasteiger partial charge >= 0.3 is 0 Å². The maximum atomic E-state index is 13.5. The molecule has 0 fully saturated rings. The van der Waals surface area contributed by atoms with E-state index < -0.39 is 5.82 Å². The first-order chi connectivity index (χ1) is 10.1. The average molecular weight is 326 g/mol. The summed E-state index contributed by atoms with van der Waals surface area (Å²) in [7, 11) is 0. The summed E-state index contributed by atoms with van der Waals surface area (Å²) in [5, 5.41) is 3.91. The fourth-order valence-corrected chi connectivity index (χ4v) is 2.78. The third kappa shape index (κ3) is 4.70. The van der Waals surface area contributed by atoms with Crippen molar-refractivity contribution in [1.29, 1.82) is 0 Å². The van der Waals surface area contributed by atoms with E-state index in [4.69, 9.17) is 23.2 Å². The molecule has 0 radical (unpaired) electrons. The second kappa shape index (κ2) is 7.79. The smallest absolute Gasteiger partial charge is 0.142 e. The van der Waals surface area contributed by atoms with Crippen LogP contribution in [0.5, 0.6) is 0 Å². The Morgan fingerprint density at radius 3 is 2.52 bits per heavy atom. The van der Waals surface area contributed by atoms with Gasteiger partial charge in [0.15, 0.2) is 0 Å². The van der Waals surface area contributed by atoms with Crippen LogP contribution in [-0.2, 0) is 6.42 Å². The highest BCUT2D eigenvalue weighted by Gasteiger charge is 2.12. The number of hydrogen-bond acceptors (Lipinski definition) is 1. The van der Waals surface area contributed by atoms with Crippen molar-refractivity contribution in [3.8, 4) is 0 Å². The van der Waals surface area contributed by atoms with E-state index >= 15 is 0 Å². The molecule has 2 rings (SSSR count). The fraction of sp³-hybridized carbons (Fsp3) is 0.294. The molecule has 0 heterocycles. The van der Waals surface area contributed by atoms with Gasteiger partial charge in [0.25, 0.3) is 0 Å². The minimum absolute atomic E-state index is 0.0139. The van der Waals surface area contributed by atoms with Gasteiger partial charge in [0.2, 0.25) is 0 Å². The minimum Gasteiger partial charge on any atom is -0.310 e. The normalized spacial score (nSPS) is 12.4. The standard InChI is InChI=1S/C17H18Cl2FN/c1-12(14-10-17(20)16(19)11-15(14)18)21-9-5-8-13-6-3-2-4-7-13/h2-4,6-7,10-12,21H,5,8-9H2,1H3. The summed E-state index contributed by atoms with van der Waals surface area (Å²) >= 11 is 11.8. The van der Waals surface area contributed by atoms with Crippen molar-refractivity contribution in [1.82, 2.24) is 5.32 Å². The average Bonchev–Trinajstić information content (AvgIpc) is 2.48. The van der Waals surface area contributed by atoms with Crippen LogP contribution in [0.2, 0.25) is 10.0 Å². The quantitative estimate of drug-likeness (QED) is 0.552. The fourth-order valence-electron chi connectivity index (χ4n) is 2.24. The molecule has 2 aromatic rings. The molecule has 0 aliphatic heterocycles. The summed E-state index contributed by atoms with van der Waals surface area (Å²) in [5.74, 6) is -0.436. The number of aryl methyl sites for hydroxylation is 1. The molecular formula is C17H18Cl2FN. The van der Waals surface area contributed by atoms with Crippen LogP contribution >= 0.6 is 23.2 Å². The SMILES string of the molecule is CC(NCCCc1ccccc1)c1cc(F)c(Cl)cc1Cl. The minimum atomic E-state index is -0.436. The van der Waals surface area contributed by atoms with Crippen LogP contribution in [-0.4, -0.2) is 6.54 Å². The van der Waals surface area contributed by atoms with Crippen molar-refractivity contribution >= 4 is 23.2 Å². The summed E-state index contributed by atoms with van der Waals surface area (Å²) in [6, 6.07) is 13.2. The lowest BCUT2D eigenvalue weighted by Crippen LogP contribution is -2.20. The van der Waals surface area contributed by atoms with Crippen molar-refractivity contribution < 1.29 is 4.39 Å². The molecule has 4 heteroatoms. The van der Waals surface area contributed by atoms with Crippen LogP contribution in [0, 0.1) is 5.82 Å². The highest BCUT2D eigenvalue weighted by Crippen LogP contribution is 2.28. The first-order valence-electron chi connectivity index (χ1n) is 6.99. The van der Waals surface area contributed by atoms with Crippen LogP contribution < -0.4 is 5.32 Å². The van der Waals surface area contributed by atoms with E-state index in [0.29, 0.717) is 5.02 Å². The monoisotopic (exact) mass is 325 g/mol. The van der Waals surface area contributed by atoms with Gasteiger partial charge in [-0.15, -0.1) is 0 Å². The zero-order chi connectivity index (χ0) is 15.2. The van der Waals surface area contributed by atoms with E-state index in [0.717, 1.165) is 24.9 Å². The Morgan fingerprint density at radius 2 is 1.81 bits per heavy atom. The van der Waals surface area contributed by atoms with E-state index in [1.54, 1.807) is 0 Å². The molecule has 0 aliphatic carbocycles. The van der Waals surface area contributed by atoms with Crippen LogP contribution in [0.25, 0.3) is 0 Å². The lowest BCUT2D eigenvalue weighted by molar-refractivity contribution is 0.552. The maximum absolute atomic E-state index is 13.5. The van der Waals surface area contributed by atoms with Crippen LogP contribution in [0.4, 0.5) is 4.39 Å². The van der Waals surface area contributed by atoms with E-state index in [1.807, 2.05) is 25.1 Å². The molecule has 0 spiro atoms. The third-order valence-electron chi connectivity index (χ3n) is 3.44. The highest BCUT2D eigenvalue weighted by molar-refractivity contribution is 6.35. The van der Waals surface area contributed by atoms with Crippen LogP contribution in [0.1, 0.15) is 30.5 Å². The molecule has 0 saturated heterocycles. The number of benzene rings is 2. The molecular weight excluding hydrogens is 308 g/mol. The van der Waals surface area contributed by atoms with E-state index in [-0.39, 0.29) is 11.1 Å². The molecule has 1 unspecified atom stereocenters. The van der Waals surface area contributed by atoms with E-state index in [1.165, 1.54) is 17.7 Å². The lowest BCUT2D eigenvalue weighted by atomic mass is 10.1. The predicted molar refractivity (Wildman–Crippen MR) is 87.6 cm³/mol. The molecule has 0 saturated carbocycles. The summed E-state index contributed by atoms with van der Waals surface area (Å²) in [5.41, 5.74) is 2.06. The second-order valence-electron chi connectivity index (χ2n) is 5.05. The molecule has 21 heavy (non-hydrogen) atoms. The predicted octanol–water partition coefficient (Wildman–Crippen LogP) is 5.42. The van der Waals surface area contributed by atoms with Gasteiger partial charge in [-0.2, -0.15) is 0 Å². The zero-order valence-electron chi connectivity index (χ0n) is 11.9. The Labute approximate surface area is 135 Å². The number of rotatable bonds is 6. The van der Waals surface area contributed by atoms with Crippen molar-refractivity contribution in [3.63, 3.8) is 0 Å². The van der Waals surface area contributed by atoms with Gasteiger partial charge in [0.05, 0.1) is 5.02 Å². The van der Waals surface area contributed by atoms with Crippen molar-refractivity contribution in [2.75, 3.05) is 6.54 Å².